The third kappa shape index (κ3) is 5.70. The van der Waals surface area contributed by atoms with E-state index < -0.39 is 0 Å². The van der Waals surface area contributed by atoms with Gasteiger partial charge in [-0.25, -0.2) is 4.98 Å². The van der Waals surface area contributed by atoms with E-state index in [1.54, 1.807) is 17.1 Å². The monoisotopic (exact) mass is 527 g/mol. The number of hydrogen-bond acceptors (Lipinski definition) is 5. The Labute approximate surface area is 215 Å². The molecule has 1 fully saturated rings. The Bertz CT molecular complexity index is 1260. The molecular weight excluding hydrogens is 504 g/mol. The van der Waals surface area contributed by atoms with E-state index in [1.165, 1.54) is 5.69 Å². The van der Waals surface area contributed by atoms with Gasteiger partial charge in [0.15, 0.2) is 0 Å². The number of hydrogen-bond donors (Lipinski definition) is 0. The van der Waals surface area contributed by atoms with E-state index in [0.29, 0.717) is 11.9 Å². The maximum absolute atomic E-state index is 13.0. The Hall–Kier alpha value is -2.09. The molecule has 0 unspecified atom stereocenters. The van der Waals surface area contributed by atoms with E-state index in [2.05, 4.69) is 31.9 Å². The molecule has 33 heavy (non-hydrogen) atoms. The predicted octanol–water partition coefficient (Wildman–Crippen LogP) is 4.69. The Kier molecular flexibility index (Phi) is 9.76. The maximum Gasteiger partial charge on any atom is 0.262 e. The minimum absolute atomic E-state index is 0. The van der Waals surface area contributed by atoms with Gasteiger partial charge in [0.05, 0.1) is 22.7 Å². The first-order valence-electron chi connectivity index (χ1n) is 10.1. The Morgan fingerprint density at radius 3 is 2.24 bits per heavy atom. The van der Waals surface area contributed by atoms with Crippen molar-refractivity contribution >= 4 is 76.3 Å². The van der Waals surface area contributed by atoms with Crippen molar-refractivity contribution in [2.24, 2.45) is 0 Å². The summed E-state index contributed by atoms with van der Waals surface area (Å²) < 4.78 is 1.70. The third-order valence-electron chi connectivity index (χ3n) is 5.79. The fourth-order valence-corrected chi connectivity index (χ4v) is 4.17. The largest absolute Gasteiger partial charge is 0.369 e. The zero-order valence-electron chi connectivity index (χ0n) is 17.8. The van der Waals surface area contributed by atoms with Gasteiger partial charge >= 0.3 is 0 Å². The lowest BCUT2D eigenvalue weighted by molar-refractivity contribution is 0.247. The summed E-state index contributed by atoms with van der Waals surface area (Å²) in [5.41, 5.74) is 2.75. The average Bonchev–Trinajstić information content (AvgIpc) is 2.79. The van der Waals surface area contributed by atoms with Crippen molar-refractivity contribution in [3.8, 4) is 0 Å². The van der Waals surface area contributed by atoms with Gasteiger partial charge in [-0.15, -0.1) is 37.2 Å². The first-order valence-corrected chi connectivity index (χ1v) is 10.5. The number of fused-ring (bicyclic) bond motifs is 3. The Morgan fingerprint density at radius 1 is 0.818 bits per heavy atom. The molecule has 6 nitrogen and oxygen atoms in total. The maximum atomic E-state index is 13.0. The van der Waals surface area contributed by atoms with Crippen LogP contribution in [0.15, 0.2) is 65.8 Å². The van der Waals surface area contributed by atoms with Crippen LogP contribution in [-0.2, 0) is 6.54 Å². The molecule has 0 bridgehead atoms. The van der Waals surface area contributed by atoms with Gasteiger partial charge in [-0.3, -0.25) is 19.2 Å². The number of aromatic nitrogens is 3. The topological polar surface area (TPSA) is 54.3 Å². The molecule has 1 saturated heterocycles. The second-order valence-electron chi connectivity index (χ2n) is 7.59. The highest BCUT2D eigenvalue weighted by molar-refractivity contribution is 6.30. The van der Waals surface area contributed by atoms with Crippen LogP contribution in [0, 0.1) is 0 Å². The molecule has 0 saturated carbocycles. The number of halogens is 4. The van der Waals surface area contributed by atoms with E-state index in [0.717, 1.165) is 54.2 Å². The van der Waals surface area contributed by atoms with Gasteiger partial charge in [-0.05, 0) is 30.3 Å². The molecule has 10 heteroatoms. The Morgan fingerprint density at radius 2 is 1.52 bits per heavy atom. The highest BCUT2D eigenvalue weighted by Gasteiger charge is 2.17. The second kappa shape index (κ2) is 11.9. The first kappa shape index (κ1) is 27.2. The molecule has 176 valence electrons. The summed E-state index contributed by atoms with van der Waals surface area (Å²) in [5, 5.41) is 2.25. The standard InChI is InChI=1S/C23H22ClN5O.3ClH/c24-17-5-7-18(8-6-17)28-12-9-27(10-13-28)11-14-29-16-26-22-19-3-1-2-4-21(19)25-15-20(22)23(29)30;;;/h1-8,15-16H,9-14H2;3*1H. The van der Waals surface area contributed by atoms with Crippen molar-refractivity contribution in [2.75, 3.05) is 37.6 Å². The van der Waals surface area contributed by atoms with E-state index in [9.17, 15) is 4.79 Å². The molecule has 0 N–H and O–H groups in total. The third-order valence-corrected chi connectivity index (χ3v) is 6.04. The molecule has 0 aliphatic carbocycles. The molecule has 0 radical (unpaired) electrons. The first-order chi connectivity index (χ1) is 14.7. The zero-order valence-corrected chi connectivity index (χ0v) is 21.0. The van der Waals surface area contributed by atoms with Gasteiger partial charge in [-0.2, -0.15) is 0 Å². The lowest BCUT2D eigenvalue weighted by Gasteiger charge is -2.36. The van der Waals surface area contributed by atoms with Crippen LogP contribution >= 0.6 is 48.8 Å². The summed E-state index contributed by atoms with van der Waals surface area (Å²) in [6.45, 7) is 5.29. The van der Waals surface area contributed by atoms with Crippen LogP contribution in [0.25, 0.3) is 21.8 Å². The van der Waals surface area contributed by atoms with E-state index >= 15 is 0 Å². The number of piperazine rings is 1. The Balaban J connectivity index is 0.00000128. The molecule has 2 aromatic heterocycles. The molecule has 5 rings (SSSR count). The molecule has 0 atom stereocenters. The van der Waals surface area contributed by atoms with Gasteiger partial charge in [0, 0.05) is 61.6 Å². The molecule has 0 amide bonds. The fraction of sp³-hybridized carbons (Fsp3) is 0.261. The molecule has 1 aliphatic rings. The minimum Gasteiger partial charge on any atom is -0.369 e. The fourth-order valence-electron chi connectivity index (χ4n) is 4.05. The van der Waals surface area contributed by atoms with E-state index in [4.69, 9.17) is 11.6 Å². The quantitative estimate of drug-likeness (QED) is 0.360. The second-order valence-corrected chi connectivity index (χ2v) is 8.02. The van der Waals surface area contributed by atoms with Crippen LogP contribution in [0.5, 0.6) is 0 Å². The lowest BCUT2D eigenvalue weighted by atomic mass is 10.1. The highest BCUT2D eigenvalue weighted by Crippen LogP contribution is 2.20. The normalized spacial score (nSPS) is 13.8. The van der Waals surface area contributed by atoms with Crippen molar-refractivity contribution in [1.82, 2.24) is 19.4 Å². The summed E-state index contributed by atoms with van der Waals surface area (Å²) in [7, 11) is 0. The van der Waals surface area contributed by atoms with Crippen molar-refractivity contribution in [3.63, 3.8) is 0 Å². The van der Waals surface area contributed by atoms with Crippen LogP contribution in [0.4, 0.5) is 5.69 Å². The van der Waals surface area contributed by atoms with Gasteiger partial charge in [0.1, 0.15) is 0 Å². The van der Waals surface area contributed by atoms with Crippen LogP contribution in [0.2, 0.25) is 5.02 Å². The molecular formula is C23H25Cl4N5O. The average molecular weight is 529 g/mol. The van der Waals surface area contributed by atoms with Crippen molar-refractivity contribution in [2.45, 2.75) is 6.54 Å². The molecule has 2 aromatic carbocycles. The predicted molar refractivity (Wildman–Crippen MR) is 143 cm³/mol. The minimum atomic E-state index is -0.0296. The molecule has 0 spiro atoms. The summed E-state index contributed by atoms with van der Waals surface area (Å²) in [5.74, 6) is 0. The van der Waals surface area contributed by atoms with Crippen LogP contribution in [-0.4, -0.2) is 52.2 Å². The van der Waals surface area contributed by atoms with Gasteiger partial charge in [0.25, 0.3) is 5.56 Å². The molecule has 1 aliphatic heterocycles. The number of para-hydroxylation sites is 1. The van der Waals surface area contributed by atoms with E-state index in [-0.39, 0.29) is 42.8 Å². The SMILES string of the molecule is Cl.Cl.Cl.O=c1c2cnc3ccccc3c2ncn1CCN1CCN(c2ccc(Cl)cc2)CC1. The summed E-state index contributed by atoms with van der Waals surface area (Å²) >= 11 is 5.99. The lowest BCUT2D eigenvalue weighted by Crippen LogP contribution is -2.47. The van der Waals surface area contributed by atoms with Crippen molar-refractivity contribution in [1.29, 1.82) is 0 Å². The molecule has 3 heterocycles. The number of rotatable bonds is 4. The summed E-state index contributed by atoms with van der Waals surface area (Å²) in [6, 6.07) is 15.8. The molecule has 4 aromatic rings. The van der Waals surface area contributed by atoms with Gasteiger partial charge < -0.3 is 4.90 Å². The van der Waals surface area contributed by atoms with Crippen LogP contribution < -0.4 is 10.5 Å². The van der Waals surface area contributed by atoms with E-state index in [1.807, 2.05) is 36.4 Å². The summed E-state index contributed by atoms with van der Waals surface area (Å²) in [4.78, 5) is 26.7. The number of anilines is 1. The number of nitrogens with zero attached hydrogens (tertiary/aromatic N) is 5. The van der Waals surface area contributed by atoms with Gasteiger partial charge in [-0.1, -0.05) is 29.8 Å². The van der Waals surface area contributed by atoms with Crippen molar-refractivity contribution in [3.05, 3.63) is 76.4 Å². The van der Waals surface area contributed by atoms with Crippen molar-refractivity contribution < 1.29 is 0 Å². The van der Waals surface area contributed by atoms with Crippen LogP contribution in [0.3, 0.4) is 0 Å². The van der Waals surface area contributed by atoms with Crippen LogP contribution in [0.1, 0.15) is 0 Å². The summed E-state index contributed by atoms with van der Waals surface area (Å²) in [6.07, 6.45) is 3.31. The highest BCUT2D eigenvalue weighted by atomic mass is 35.5. The smallest absolute Gasteiger partial charge is 0.262 e. The zero-order chi connectivity index (χ0) is 20.5. The number of benzene rings is 2. The van der Waals surface area contributed by atoms with Gasteiger partial charge in [0.2, 0.25) is 0 Å². The number of pyridine rings is 1.